The Labute approximate surface area is 166 Å². The molecule has 2 aromatic carbocycles. The maximum atomic E-state index is 12.7. The van der Waals surface area contributed by atoms with Gasteiger partial charge in [-0.05, 0) is 37.6 Å². The van der Waals surface area contributed by atoms with E-state index in [1.807, 2.05) is 18.2 Å². The highest BCUT2D eigenvalue weighted by Crippen LogP contribution is 2.18. The van der Waals surface area contributed by atoms with Gasteiger partial charge in [0.2, 0.25) is 0 Å². The summed E-state index contributed by atoms with van der Waals surface area (Å²) in [6.07, 6.45) is 0.302. The van der Waals surface area contributed by atoms with Crippen molar-refractivity contribution in [3.63, 3.8) is 0 Å². The number of aromatic amines is 1. The van der Waals surface area contributed by atoms with Crippen LogP contribution in [0.2, 0.25) is 0 Å². The van der Waals surface area contributed by atoms with Gasteiger partial charge in [-0.2, -0.15) is 0 Å². The van der Waals surface area contributed by atoms with Crippen LogP contribution in [0.4, 0.5) is 0 Å². The highest BCUT2D eigenvalue weighted by Gasteiger charge is 2.17. The van der Waals surface area contributed by atoms with Crippen LogP contribution in [0, 0.1) is 13.8 Å². The smallest absolute Gasteiger partial charge is 0.338 e. The standard InChI is InChI=1S/C22H19N3O4/c1-13-18(14(2)29-25-13)12-28-22(27)16-8-4-3-7-15(16)11-20-23-19-10-6-5-9-17(19)21(26)24-20/h3-10H,11-12H2,1-2H3,(H,23,24,26). The molecule has 0 unspecified atom stereocenters. The van der Waals surface area contributed by atoms with Crippen LogP contribution in [0.25, 0.3) is 10.9 Å². The molecule has 0 amide bonds. The Morgan fingerprint density at radius 2 is 1.86 bits per heavy atom. The summed E-state index contributed by atoms with van der Waals surface area (Å²) >= 11 is 0. The van der Waals surface area contributed by atoms with E-state index in [1.165, 1.54) is 0 Å². The molecule has 0 aliphatic heterocycles. The fourth-order valence-electron chi connectivity index (χ4n) is 3.20. The number of carbonyl (C=O) groups is 1. The minimum Gasteiger partial charge on any atom is -0.457 e. The Hall–Kier alpha value is -3.74. The number of ether oxygens (including phenoxy) is 1. The quantitative estimate of drug-likeness (QED) is 0.525. The van der Waals surface area contributed by atoms with Crippen molar-refractivity contribution in [3.05, 3.63) is 92.9 Å². The molecule has 2 aromatic heterocycles. The van der Waals surface area contributed by atoms with Gasteiger partial charge in [-0.3, -0.25) is 4.79 Å². The molecular weight excluding hydrogens is 370 g/mol. The van der Waals surface area contributed by atoms with Crippen molar-refractivity contribution >= 4 is 16.9 Å². The van der Waals surface area contributed by atoms with Gasteiger partial charge >= 0.3 is 5.97 Å². The predicted molar refractivity (Wildman–Crippen MR) is 107 cm³/mol. The SMILES string of the molecule is Cc1noc(C)c1COC(=O)c1ccccc1Cc1nc2ccccc2c(=O)[nH]1. The number of nitrogens with zero attached hydrogens (tertiary/aromatic N) is 2. The molecule has 7 nitrogen and oxygen atoms in total. The lowest BCUT2D eigenvalue weighted by Gasteiger charge is -2.10. The van der Waals surface area contributed by atoms with Crippen LogP contribution in [0.1, 0.15) is 38.8 Å². The van der Waals surface area contributed by atoms with Crippen LogP contribution < -0.4 is 5.56 Å². The van der Waals surface area contributed by atoms with Gasteiger partial charge in [0, 0.05) is 6.42 Å². The molecule has 0 aliphatic rings. The molecule has 1 N–H and O–H groups in total. The van der Waals surface area contributed by atoms with E-state index in [9.17, 15) is 9.59 Å². The van der Waals surface area contributed by atoms with Gasteiger partial charge in [0.05, 0.1) is 27.7 Å². The Morgan fingerprint density at radius 3 is 2.66 bits per heavy atom. The molecule has 0 saturated carbocycles. The fraction of sp³-hybridized carbons (Fsp3) is 0.182. The number of hydrogen-bond donors (Lipinski definition) is 1. The number of fused-ring (bicyclic) bond motifs is 1. The summed E-state index contributed by atoms with van der Waals surface area (Å²) in [5, 5.41) is 4.40. The Morgan fingerprint density at radius 1 is 1.10 bits per heavy atom. The number of aryl methyl sites for hydroxylation is 2. The van der Waals surface area contributed by atoms with Gasteiger partial charge in [0.25, 0.3) is 5.56 Å². The summed E-state index contributed by atoms with van der Waals surface area (Å²) < 4.78 is 10.6. The van der Waals surface area contributed by atoms with E-state index in [4.69, 9.17) is 9.26 Å². The van der Waals surface area contributed by atoms with E-state index in [0.717, 1.165) is 11.1 Å². The molecule has 7 heteroatoms. The van der Waals surface area contributed by atoms with Crippen LogP contribution in [0.15, 0.2) is 57.8 Å². The van der Waals surface area contributed by atoms with Crippen LogP contribution in [-0.2, 0) is 17.8 Å². The van der Waals surface area contributed by atoms with Crippen molar-refractivity contribution in [2.45, 2.75) is 26.9 Å². The third kappa shape index (κ3) is 3.80. The first-order valence-electron chi connectivity index (χ1n) is 9.17. The van der Waals surface area contributed by atoms with Crippen molar-refractivity contribution in [1.29, 1.82) is 0 Å². The van der Waals surface area contributed by atoms with E-state index < -0.39 is 5.97 Å². The molecule has 0 radical (unpaired) electrons. The highest BCUT2D eigenvalue weighted by atomic mass is 16.5. The second-order valence-electron chi connectivity index (χ2n) is 6.74. The van der Waals surface area contributed by atoms with Crippen LogP contribution >= 0.6 is 0 Å². The van der Waals surface area contributed by atoms with Crippen molar-refractivity contribution in [3.8, 4) is 0 Å². The van der Waals surface area contributed by atoms with Crippen LogP contribution in [0.5, 0.6) is 0 Å². The number of nitrogens with one attached hydrogen (secondary N) is 1. The Bertz CT molecular complexity index is 1240. The maximum absolute atomic E-state index is 12.7. The van der Waals surface area contributed by atoms with Crippen molar-refractivity contribution in [2.24, 2.45) is 0 Å². The zero-order chi connectivity index (χ0) is 20.4. The average Bonchev–Trinajstić information content (AvgIpc) is 3.04. The number of esters is 1. The summed E-state index contributed by atoms with van der Waals surface area (Å²) in [4.78, 5) is 32.3. The highest BCUT2D eigenvalue weighted by molar-refractivity contribution is 5.91. The van der Waals surface area contributed by atoms with Gasteiger partial charge in [-0.1, -0.05) is 35.5 Å². The molecule has 146 valence electrons. The third-order valence-electron chi connectivity index (χ3n) is 4.79. The monoisotopic (exact) mass is 389 g/mol. The lowest BCUT2D eigenvalue weighted by atomic mass is 10.0. The van der Waals surface area contributed by atoms with E-state index in [0.29, 0.717) is 40.2 Å². The minimum absolute atomic E-state index is 0.0827. The molecule has 0 bridgehead atoms. The van der Waals surface area contributed by atoms with Gasteiger partial charge in [-0.15, -0.1) is 0 Å². The molecule has 2 heterocycles. The normalized spacial score (nSPS) is 11.0. The molecule has 0 aliphatic carbocycles. The summed E-state index contributed by atoms with van der Waals surface area (Å²) in [6.45, 7) is 3.66. The summed E-state index contributed by atoms with van der Waals surface area (Å²) in [6, 6.07) is 14.3. The van der Waals surface area contributed by atoms with Crippen molar-refractivity contribution in [2.75, 3.05) is 0 Å². The number of benzene rings is 2. The molecular formula is C22H19N3O4. The first-order chi connectivity index (χ1) is 14.0. The average molecular weight is 389 g/mol. The molecule has 0 atom stereocenters. The Balaban J connectivity index is 1.58. The topological polar surface area (TPSA) is 98.1 Å². The minimum atomic E-state index is -0.455. The largest absolute Gasteiger partial charge is 0.457 e. The Kier molecular flexibility index (Phi) is 4.95. The zero-order valence-corrected chi connectivity index (χ0v) is 16.1. The van der Waals surface area contributed by atoms with Gasteiger partial charge in [0.15, 0.2) is 0 Å². The van der Waals surface area contributed by atoms with Crippen molar-refractivity contribution in [1.82, 2.24) is 15.1 Å². The second kappa shape index (κ2) is 7.71. The number of aromatic nitrogens is 3. The summed E-state index contributed by atoms with van der Waals surface area (Å²) in [5.41, 5.74) is 3.01. The molecule has 0 saturated heterocycles. The molecule has 0 fully saturated rings. The number of carbonyl (C=O) groups excluding carboxylic acids is 1. The summed E-state index contributed by atoms with van der Waals surface area (Å²) in [5.74, 6) is 0.657. The van der Waals surface area contributed by atoms with E-state index in [-0.39, 0.29) is 12.2 Å². The van der Waals surface area contributed by atoms with Crippen LogP contribution in [-0.4, -0.2) is 21.1 Å². The van der Waals surface area contributed by atoms with Crippen LogP contribution in [0.3, 0.4) is 0 Å². The maximum Gasteiger partial charge on any atom is 0.338 e. The lowest BCUT2D eigenvalue weighted by molar-refractivity contribution is 0.0469. The predicted octanol–water partition coefficient (Wildman–Crippen LogP) is 3.48. The second-order valence-corrected chi connectivity index (χ2v) is 6.74. The van der Waals surface area contributed by atoms with Gasteiger partial charge in [0.1, 0.15) is 18.2 Å². The fourth-order valence-corrected chi connectivity index (χ4v) is 3.20. The number of rotatable bonds is 5. The van der Waals surface area contributed by atoms with Gasteiger partial charge < -0.3 is 14.2 Å². The van der Waals surface area contributed by atoms with Gasteiger partial charge in [-0.25, -0.2) is 9.78 Å². The van der Waals surface area contributed by atoms with Crippen molar-refractivity contribution < 1.29 is 14.1 Å². The van der Waals surface area contributed by atoms with E-state index in [1.54, 1.807) is 44.2 Å². The molecule has 4 rings (SSSR count). The van der Waals surface area contributed by atoms with E-state index >= 15 is 0 Å². The summed E-state index contributed by atoms with van der Waals surface area (Å²) in [7, 11) is 0. The van der Waals surface area contributed by atoms with E-state index in [2.05, 4.69) is 15.1 Å². The number of H-pyrrole nitrogens is 1. The lowest BCUT2D eigenvalue weighted by Crippen LogP contribution is -2.14. The first kappa shape index (κ1) is 18.6. The zero-order valence-electron chi connectivity index (χ0n) is 16.1. The number of hydrogen-bond acceptors (Lipinski definition) is 6. The molecule has 29 heavy (non-hydrogen) atoms. The molecule has 4 aromatic rings. The first-order valence-corrected chi connectivity index (χ1v) is 9.17. The number of para-hydroxylation sites is 1. The third-order valence-corrected chi connectivity index (χ3v) is 4.79. The molecule has 0 spiro atoms.